The van der Waals surface area contributed by atoms with Crippen LogP contribution in [-0.2, 0) is 7.05 Å². The average molecular weight is 519 g/mol. The molecule has 0 atom stereocenters. The lowest BCUT2D eigenvalue weighted by molar-refractivity contribution is 0.188. The highest BCUT2D eigenvalue weighted by Gasteiger charge is 2.27. The van der Waals surface area contributed by atoms with Gasteiger partial charge in [0, 0.05) is 63.8 Å². The Morgan fingerprint density at radius 3 is 2.47 bits per heavy atom. The van der Waals surface area contributed by atoms with E-state index < -0.39 is 5.95 Å². The van der Waals surface area contributed by atoms with Gasteiger partial charge >= 0.3 is 0 Å². The summed E-state index contributed by atoms with van der Waals surface area (Å²) in [6.07, 6.45) is 4.63. The summed E-state index contributed by atoms with van der Waals surface area (Å²) in [7, 11) is 1.87. The number of piperazine rings is 1. The number of β-amino-alcohol motifs (C(OH)–C–C–N with tert-alkyl or cyclic N) is 1. The highest BCUT2D eigenvalue weighted by Crippen LogP contribution is 2.38. The number of anilines is 1. The maximum atomic E-state index is 13.7. The second-order valence-corrected chi connectivity index (χ2v) is 9.01. The number of aliphatic hydroxyl groups is 1. The fourth-order valence-electron chi connectivity index (χ4n) is 4.61. The molecule has 0 spiro atoms. The van der Waals surface area contributed by atoms with Crippen LogP contribution < -0.4 is 10.4 Å². The lowest BCUT2D eigenvalue weighted by Crippen LogP contribution is -2.47. The Morgan fingerprint density at radius 2 is 1.76 bits per heavy atom. The van der Waals surface area contributed by atoms with E-state index in [-0.39, 0.29) is 17.9 Å². The second kappa shape index (κ2) is 11.0. The van der Waals surface area contributed by atoms with Crippen molar-refractivity contribution in [1.82, 2.24) is 29.4 Å². The lowest BCUT2D eigenvalue weighted by atomic mass is 10.0. The third kappa shape index (κ3) is 5.38. The van der Waals surface area contributed by atoms with E-state index in [1.165, 1.54) is 29.1 Å². The molecule has 0 saturated carbocycles. The van der Waals surface area contributed by atoms with Gasteiger partial charge in [0.2, 0.25) is 5.95 Å². The summed E-state index contributed by atoms with van der Waals surface area (Å²) in [5, 5.41) is 27.2. The van der Waals surface area contributed by atoms with Crippen LogP contribution in [0.2, 0.25) is 0 Å². The van der Waals surface area contributed by atoms with E-state index in [0.717, 1.165) is 43.1 Å². The summed E-state index contributed by atoms with van der Waals surface area (Å²) >= 11 is 0. The van der Waals surface area contributed by atoms with E-state index in [0.29, 0.717) is 23.5 Å². The number of hydrogen-bond acceptors (Lipinski definition) is 7. The molecule has 4 heterocycles. The van der Waals surface area contributed by atoms with Crippen molar-refractivity contribution in [2.45, 2.75) is 0 Å². The molecule has 0 amide bonds. The molecular weight excluding hydrogens is 490 g/mol. The molecule has 0 aliphatic carbocycles. The van der Waals surface area contributed by atoms with Gasteiger partial charge in [-0.1, -0.05) is 0 Å². The molecule has 2 N–H and O–H groups in total. The number of rotatable bonds is 7. The van der Waals surface area contributed by atoms with Gasteiger partial charge in [0.1, 0.15) is 22.8 Å². The van der Waals surface area contributed by atoms with Gasteiger partial charge in [-0.25, -0.2) is 14.1 Å². The SMILES string of the molecule is Cn1nc(-c2ccc(F)cc2)c(-c2ccc(=N)n(/C=C/c3ccnc(F)c3)n2)c1N1CCN(CCO)CC1. The van der Waals surface area contributed by atoms with Crippen LogP contribution in [-0.4, -0.2) is 73.9 Å². The summed E-state index contributed by atoms with van der Waals surface area (Å²) < 4.78 is 30.5. The highest BCUT2D eigenvalue weighted by molar-refractivity contribution is 5.88. The molecule has 1 fully saturated rings. The number of nitrogens with zero attached hydrogens (tertiary/aromatic N) is 7. The first-order valence-electron chi connectivity index (χ1n) is 12.3. The summed E-state index contributed by atoms with van der Waals surface area (Å²) in [4.78, 5) is 8.01. The number of pyridine rings is 1. The van der Waals surface area contributed by atoms with Gasteiger partial charge in [-0.3, -0.25) is 15.0 Å². The predicted octanol–water partition coefficient (Wildman–Crippen LogP) is 2.85. The molecule has 9 nitrogen and oxygen atoms in total. The minimum atomic E-state index is -0.590. The molecule has 3 aromatic heterocycles. The van der Waals surface area contributed by atoms with Crippen LogP contribution in [0.15, 0.2) is 54.7 Å². The highest BCUT2D eigenvalue weighted by atomic mass is 19.1. The molecule has 1 aliphatic rings. The Labute approximate surface area is 218 Å². The Bertz CT molecular complexity index is 1500. The molecule has 0 bridgehead atoms. The van der Waals surface area contributed by atoms with Crippen molar-refractivity contribution in [2.24, 2.45) is 7.05 Å². The van der Waals surface area contributed by atoms with Gasteiger partial charge in [0.05, 0.1) is 17.9 Å². The number of aryl methyl sites for hydroxylation is 1. The predicted molar refractivity (Wildman–Crippen MR) is 141 cm³/mol. The molecule has 1 aliphatic heterocycles. The zero-order valence-corrected chi connectivity index (χ0v) is 20.9. The first-order chi connectivity index (χ1) is 18.4. The second-order valence-electron chi connectivity index (χ2n) is 9.01. The van der Waals surface area contributed by atoms with Crippen molar-refractivity contribution >= 4 is 18.1 Å². The zero-order chi connectivity index (χ0) is 26.6. The molecule has 4 aromatic rings. The Hall–Kier alpha value is -4.22. The quantitative estimate of drug-likeness (QED) is 0.365. The van der Waals surface area contributed by atoms with Gasteiger partial charge in [-0.15, -0.1) is 0 Å². The van der Waals surface area contributed by atoms with Crippen LogP contribution in [0.3, 0.4) is 0 Å². The Balaban J connectivity index is 1.59. The van der Waals surface area contributed by atoms with Crippen molar-refractivity contribution < 1.29 is 13.9 Å². The monoisotopic (exact) mass is 518 g/mol. The minimum absolute atomic E-state index is 0.120. The smallest absolute Gasteiger partial charge is 0.213 e. The van der Waals surface area contributed by atoms with E-state index in [4.69, 9.17) is 15.6 Å². The standard InChI is InChI=1S/C27H28F2N8O/c1-34-27(36-14-12-35(13-15-36)16-17-38)25(26(33-34)20-2-4-21(28)5-3-20)22-6-7-24(30)37(32-22)11-9-19-8-10-31-23(29)18-19/h2-11,18,30,38H,12-17H2,1H3/b11-9+,30-24?. The van der Waals surface area contributed by atoms with Gasteiger partial charge in [-0.2, -0.15) is 14.6 Å². The first kappa shape index (κ1) is 25.4. The number of halogens is 2. The lowest BCUT2D eigenvalue weighted by Gasteiger charge is -2.36. The van der Waals surface area contributed by atoms with Crippen molar-refractivity contribution in [1.29, 1.82) is 5.41 Å². The first-order valence-corrected chi connectivity index (χ1v) is 12.3. The summed E-state index contributed by atoms with van der Waals surface area (Å²) in [5.74, 6) is -0.0587. The molecule has 11 heteroatoms. The van der Waals surface area contributed by atoms with Crippen molar-refractivity contribution in [3.8, 4) is 22.5 Å². The van der Waals surface area contributed by atoms with Gasteiger partial charge < -0.3 is 10.0 Å². The molecule has 5 rings (SSSR count). The van der Waals surface area contributed by atoms with E-state index in [2.05, 4.69) is 14.8 Å². The van der Waals surface area contributed by atoms with Crippen LogP contribution in [0.1, 0.15) is 5.56 Å². The average Bonchev–Trinajstić information content (AvgIpc) is 3.26. The van der Waals surface area contributed by atoms with Crippen LogP contribution in [0, 0.1) is 17.2 Å². The van der Waals surface area contributed by atoms with E-state index in [1.54, 1.807) is 42.6 Å². The molecule has 0 unspecified atom stereocenters. The van der Waals surface area contributed by atoms with Gasteiger partial charge in [-0.05, 0) is 54.1 Å². The maximum absolute atomic E-state index is 13.7. The van der Waals surface area contributed by atoms with E-state index in [1.807, 2.05) is 11.7 Å². The number of benzene rings is 1. The van der Waals surface area contributed by atoms with E-state index >= 15 is 0 Å². The molecule has 1 saturated heterocycles. The number of aromatic nitrogens is 5. The molecule has 0 radical (unpaired) electrons. The van der Waals surface area contributed by atoms with Gasteiger partial charge in [0.25, 0.3) is 0 Å². The van der Waals surface area contributed by atoms with E-state index in [9.17, 15) is 13.9 Å². The van der Waals surface area contributed by atoms with Gasteiger partial charge in [0.15, 0.2) is 0 Å². The number of nitrogens with one attached hydrogen (secondary N) is 1. The van der Waals surface area contributed by atoms with Crippen LogP contribution in [0.4, 0.5) is 14.6 Å². The number of aliphatic hydroxyl groups excluding tert-OH is 1. The summed E-state index contributed by atoms with van der Waals surface area (Å²) in [6, 6.07) is 12.6. The molecule has 1 aromatic carbocycles. The Morgan fingerprint density at radius 1 is 1.00 bits per heavy atom. The van der Waals surface area contributed by atoms with Crippen molar-refractivity contribution in [2.75, 3.05) is 44.2 Å². The maximum Gasteiger partial charge on any atom is 0.213 e. The van der Waals surface area contributed by atoms with Crippen molar-refractivity contribution in [3.63, 3.8) is 0 Å². The van der Waals surface area contributed by atoms with Crippen LogP contribution in [0.5, 0.6) is 0 Å². The van der Waals surface area contributed by atoms with Crippen LogP contribution in [0.25, 0.3) is 34.8 Å². The third-order valence-electron chi connectivity index (χ3n) is 6.50. The van der Waals surface area contributed by atoms with Crippen LogP contribution >= 0.6 is 0 Å². The molecule has 196 valence electrons. The fourth-order valence-corrected chi connectivity index (χ4v) is 4.61. The molecule has 38 heavy (non-hydrogen) atoms. The molecular formula is C27H28F2N8O. The topological polar surface area (TPSA) is 99.1 Å². The summed E-state index contributed by atoms with van der Waals surface area (Å²) in [5.41, 5.74) is 3.49. The van der Waals surface area contributed by atoms with Crippen molar-refractivity contribution in [3.05, 3.63) is 77.5 Å². The Kier molecular flexibility index (Phi) is 7.38. The summed E-state index contributed by atoms with van der Waals surface area (Å²) in [6.45, 7) is 3.81. The number of hydrogen-bond donors (Lipinski definition) is 2. The zero-order valence-electron chi connectivity index (χ0n) is 20.9. The normalized spacial score (nSPS) is 14.5. The third-order valence-corrected chi connectivity index (χ3v) is 6.50. The fraction of sp³-hybridized carbons (Fsp3) is 0.259. The minimum Gasteiger partial charge on any atom is -0.395 e. The largest absolute Gasteiger partial charge is 0.395 e.